The van der Waals surface area contributed by atoms with Crippen molar-refractivity contribution in [1.29, 1.82) is 5.26 Å². The summed E-state index contributed by atoms with van der Waals surface area (Å²) in [6, 6.07) is 9.88. The van der Waals surface area contributed by atoms with E-state index in [9.17, 15) is 0 Å². The van der Waals surface area contributed by atoms with Crippen LogP contribution in [0.5, 0.6) is 0 Å². The maximum atomic E-state index is 9.07. The Balaban J connectivity index is 1.44. The minimum absolute atomic E-state index is 0.447. The van der Waals surface area contributed by atoms with Crippen molar-refractivity contribution in [1.82, 2.24) is 19.5 Å². The predicted molar refractivity (Wildman–Crippen MR) is 98.7 cm³/mol. The molecular formula is C20H20N6. The Morgan fingerprint density at radius 3 is 2.62 bits per heavy atom. The number of pyridine rings is 2. The fourth-order valence-corrected chi connectivity index (χ4v) is 3.53. The van der Waals surface area contributed by atoms with Gasteiger partial charge in [-0.1, -0.05) is 0 Å². The maximum Gasteiger partial charge on any atom is 0.129 e. The highest BCUT2D eigenvalue weighted by molar-refractivity contribution is 5.45. The van der Waals surface area contributed by atoms with Crippen LogP contribution in [0.4, 0.5) is 5.82 Å². The van der Waals surface area contributed by atoms with Gasteiger partial charge in [0.25, 0.3) is 0 Å². The van der Waals surface area contributed by atoms with E-state index < -0.39 is 0 Å². The maximum absolute atomic E-state index is 9.07. The first kappa shape index (κ1) is 16.3. The Labute approximate surface area is 152 Å². The van der Waals surface area contributed by atoms with Gasteiger partial charge in [-0.15, -0.1) is 0 Å². The summed E-state index contributed by atoms with van der Waals surface area (Å²) in [5.74, 6) is 2.49. The summed E-state index contributed by atoms with van der Waals surface area (Å²) in [7, 11) is 0. The third kappa shape index (κ3) is 3.42. The Morgan fingerprint density at radius 2 is 1.85 bits per heavy atom. The van der Waals surface area contributed by atoms with Crippen LogP contribution in [0.3, 0.4) is 0 Å². The van der Waals surface area contributed by atoms with E-state index in [2.05, 4.69) is 36.7 Å². The van der Waals surface area contributed by atoms with Crippen molar-refractivity contribution in [3.05, 3.63) is 72.2 Å². The zero-order chi connectivity index (χ0) is 17.8. The molecule has 3 aromatic heterocycles. The zero-order valence-corrected chi connectivity index (χ0v) is 14.5. The van der Waals surface area contributed by atoms with Gasteiger partial charge >= 0.3 is 0 Å². The highest BCUT2D eigenvalue weighted by Gasteiger charge is 2.24. The monoisotopic (exact) mass is 344 g/mol. The lowest BCUT2D eigenvalue weighted by atomic mass is 9.95. The number of rotatable bonds is 4. The molecule has 1 saturated heterocycles. The molecular weight excluding hydrogens is 324 g/mol. The van der Waals surface area contributed by atoms with Crippen LogP contribution in [-0.2, 0) is 6.54 Å². The second kappa shape index (κ2) is 7.36. The normalized spacial score (nSPS) is 15.0. The van der Waals surface area contributed by atoms with Crippen LogP contribution in [0.15, 0.2) is 55.2 Å². The highest BCUT2D eigenvalue weighted by atomic mass is 15.2. The van der Waals surface area contributed by atoms with Gasteiger partial charge in [0.2, 0.25) is 0 Å². The lowest BCUT2D eigenvalue weighted by molar-refractivity contribution is 0.468. The molecule has 0 bridgehead atoms. The molecule has 0 spiro atoms. The lowest BCUT2D eigenvalue weighted by Crippen LogP contribution is -2.34. The number of nitriles is 1. The Kier molecular flexibility index (Phi) is 4.61. The van der Waals surface area contributed by atoms with Crippen molar-refractivity contribution in [2.45, 2.75) is 25.3 Å². The minimum atomic E-state index is 0.447. The average molecular weight is 344 g/mol. The topological polar surface area (TPSA) is 70.6 Å². The smallest absolute Gasteiger partial charge is 0.129 e. The van der Waals surface area contributed by atoms with Crippen LogP contribution in [0.2, 0.25) is 0 Å². The van der Waals surface area contributed by atoms with Crippen molar-refractivity contribution >= 4 is 5.82 Å². The first-order chi connectivity index (χ1) is 12.8. The van der Waals surface area contributed by atoms with Gasteiger partial charge in [0.15, 0.2) is 0 Å². The van der Waals surface area contributed by atoms with Gasteiger partial charge in [-0.25, -0.2) is 9.97 Å². The molecule has 1 aliphatic rings. The zero-order valence-electron chi connectivity index (χ0n) is 14.5. The molecule has 0 N–H and O–H groups in total. The van der Waals surface area contributed by atoms with Crippen molar-refractivity contribution in [2.75, 3.05) is 18.0 Å². The molecule has 1 fully saturated rings. The largest absolute Gasteiger partial charge is 0.357 e. The second-order valence-electron chi connectivity index (χ2n) is 6.54. The van der Waals surface area contributed by atoms with E-state index in [1.54, 1.807) is 12.3 Å². The first-order valence-corrected chi connectivity index (χ1v) is 8.84. The molecule has 0 unspecified atom stereocenters. The number of hydrogen-bond acceptors (Lipinski definition) is 5. The van der Waals surface area contributed by atoms with E-state index in [1.807, 2.05) is 36.8 Å². The molecule has 26 heavy (non-hydrogen) atoms. The molecule has 3 aromatic rings. The number of imidazole rings is 1. The summed E-state index contributed by atoms with van der Waals surface area (Å²) in [5, 5.41) is 9.07. The SMILES string of the molecule is N#Cc1ccnc(N2CCC(c3nccn3Cc3ccncc3)CC2)c1. The summed E-state index contributed by atoms with van der Waals surface area (Å²) in [4.78, 5) is 15.4. The second-order valence-corrected chi connectivity index (χ2v) is 6.54. The van der Waals surface area contributed by atoms with Crippen molar-refractivity contribution in [3.8, 4) is 6.07 Å². The van der Waals surface area contributed by atoms with Crippen molar-refractivity contribution in [2.24, 2.45) is 0 Å². The molecule has 4 heterocycles. The quantitative estimate of drug-likeness (QED) is 0.728. The highest BCUT2D eigenvalue weighted by Crippen LogP contribution is 2.29. The van der Waals surface area contributed by atoms with Crippen LogP contribution in [0, 0.1) is 11.3 Å². The number of hydrogen-bond donors (Lipinski definition) is 0. The summed E-state index contributed by atoms with van der Waals surface area (Å²) >= 11 is 0. The van der Waals surface area contributed by atoms with E-state index >= 15 is 0 Å². The fourth-order valence-electron chi connectivity index (χ4n) is 3.53. The average Bonchev–Trinajstić information content (AvgIpc) is 3.17. The Morgan fingerprint density at radius 1 is 1.04 bits per heavy atom. The lowest BCUT2D eigenvalue weighted by Gasteiger charge is -2.32. The van der Waals surface area contributed by atoms with Gasteiger partial charge in [0, 0.05) is 56.5 Å². The summed E-state index contributed by atoms with van der Waals surface area (Å²) in [5.41, 5.74) is 1.89. The van der Waals surface area contributed by atoms with Gasteiger partial charge in [0.05, 0.1) is 11.6 Å². The molecule has 0 amide bonds. The molecule has 130 valence electrons. The number of piperidine rings is 1. The van der Waals surface area contributed by atoms with Crippen LogP contribution in [0.25, 0.3) is 0 Å². The number of anilines is 1. The van der Waals surface area contributed by atoms with E-state index in [1.165, 1.54) is 5.56 Å². The van der Waals surface area contributed by atoms with Gasteiger partial charge in [-0.05, 0) is 42.7 Å². The van der Waals surface area contributed by atoms with Gasteiger partial charge < -0.3 is 9.47 Å². The summed E-state index contributed by atoms with van der Waals surface area (Å²) in [6.07, 6.45) is 11.4. The van der Waals surface area contributed by atoms with Gasteiger partial charge in [0.1, 0.15) is 11.6 Å². The van der Waals surface area contributed by atoms with Crippen LogP contribution in [0.1, 0.15) is 35.7 Å². The molecule has 6 heteroatoms. The molecule has 0 saturated carbocycles. The molecule has 6 nitrogen and oxygen atoms in total. The Bertz CT molecular complexity index is 903. The van der Waals surface area contributed by atoms with Crippen molar-refractivity contribution in [3.63, 3.8) is 0 Å². The molecule has 0 radical (unpaired) electrons. The number of nitrogens with zero attached hydrogens (tertiary/aromatic N) is 6. The summed E-state index contributed by atoms with van der Waals surface area (Å²) < 4.78 is 2.24. The third-order valence-electron chi connectivity index (χ3n) is 4.91. The molecule has 0 atom stereocenters. The van der Waals surface area contributed by atoms with E-state index in [4.69, 9.17) is 5.26 Å². The van der Waals surface area contributed by atoms with Gasteiger partial charge in [-0.2, -0.15) is 5.26 Å². The van der Waals surface area contributed by atoms with E-state index in [-0.39, 0.29) is 0 Å². The van der Waals surface area contributed by atoms with Gasteiger partial charge in [-0.3, -0.25) is 4.98 Å². The molecule has 4 rings (SSSR count). The number of aromatic nitrogens is 4. The van der Waals surface area contributed by atoms with Crippen molar-refractivity contribution < 1.29 is 0 Å². The standard InChI is InChI=1S/C20H20N6/c21-14-17-3-8-23-19(13-17)25-10-4-18(5-11-25)20-24-9-12-26(20)15-16-1-6-22-7-2-16/h1-3,6-9,12-13,18H,4-5,10-11,15H2. The molecule has 0 aliphatic carbocycles. The van der Waals surface area contributed by atoms with Crippen LogP contribution in [-0.4, -0.2) is 32.6 Å². The Hall–Kier alpha value is -3.20. The summed E-state index contributed by atoms with van der Waals surface area (Å²) in [6.45, 7) is 2.67. The molecule has 0 aromatic carbocycles. The minimum Gasteiger partial charge on any atom is -0.357 e. The van der Waals surface area contributed by atoms with Crippen LogP contribution >= 0.6 is 0 Å². The first-order valence-electron chi connectivity index (χ1n) is 8.84. The fraction of sp³-hybridized carbons (Fsp3) is 0.300. The molecule has 1 aliphatic heterocycles. The predicted octanol–water partition coefficient (Wildman–Crippen LogP) is 2.98. The van der Waals surface area contributed by atoms with E-state index in [0.717, 1.165) is 44.1 Å². The third-order valence-corrected chi connectivity index (χ3v) is 4.91. The van der Waals surface area contributed by atoms with E-state index in [0.29, 0.717) is 11.5 Å². The van der Waals surface area contributed by atoms with Crippen LogP contribution < -0.4 is 4.90 Å².